The Morgan fingerprint density at radius 1 is 1.27 bits per heavy atom. The first-order valence-electron chi connectivity index (χ1n) is 11.0. The molecule has 4 N–H and O–H groups in total. The number of urea groups is 1. The summed E-state index contributed by atoms with van der Waals surface area (Å²) in [4.78, 5) is 18.4. The van der Waals surface area contributed by atoms with Crippen LogP contribution in [0.4, 0.5) is 35.3 Å². The van der Waals surface area contributed by atoms with Crippen molar-refractivity contribution in [2.24, 2.45) is 5.92 Å². The normalized spacial score (nSPS) is 20.8. The van der Waals surface area contributed by atoms with E-state index in [1.807, 2.05) is 25.1 Å². The van der Waals surface area contributed by atoms with E-state index >= 15 is 0 Å². The third kappa shape index (κ3) is 6.07. The van der Waals surface area contributed by atoms with Crippen molar-refractivity contribution >= 4 is 23.4 Å². The number of carbonyl (C=O) groups excluding carboxylic acids is 1. The zero-order valence-corrected chi connectivity index (χ0v) is 18.4. The number of ether oxygens (including phenoxy) is 1. The Morgan fingerprint density at radius 3 is 2.82 bits per heavy atom. The van der Waals surface area contributed by atoms with E-state index in [4.69, 9.17) is 10.5 Å². The number of anilines is 3. The lowest BCUT2D eigenvalue weighted by Crippen LogP contribution is -2.33. The summed E-state index contributed by atoms with van der Waals surface area (Å²) in [6, 6.07) is 8.97. The van der Waals surface area contributed by atoms with Crippen LogP contribution in [0.15, 0.2) is 30.3 Å². The number of rotatable bonds is 5. The number of nitrogens with zero attached hydrogens (tertiary/aromatic N) is 2. The summed E-state index contributed by atoms with van der Waals surface area (Å²) in [5.74, 6) is 0.470. The van der Waals surface area contributed by atoms with Crippen LogP contribution >= 0.6 is 0 Å². The number of aromatic nitrogens is 1. The largest absolute Gasteiger partial charge is 0.389 e. The molecule has 7 nitrogen and oxygen atoms in total. The standard InChI is InChI=1S/C23H28F3N5O2/c1-14-2-3-17(29-22(32)31-6-4-15(12-31)11-23(24,25)26)10-19(14)16-8-20(27)30-21(9-16)28-18-5-7-33-13-18/h2-3,8-10,15,18H,4-7,11-13H2,1H3,(H,29,32)(H3,27,28,30)/t15-,18-/m0/s1. The maximum atomic E-state index is 12.7. The van der Waals surface area contributed by atoms with Crippen molar-refractivity contribution in [2.75, 3.05) is 42.7 Å². The maximum absolute atomic E-state index is 12.7. The molecule has 4 rings (SSSR count). The molecule has 0 aliphatic carbocycles. The number of likely N-dealkylation sites (tertiary alicyclic amines) is 1. The Bertz CT molecular complexity index is 1010. The van der Waals surface area contributed by atoms with Gasteiger partial charge >= 0.3 is 12.2 Å². The number of aryl methyl sites for hydroxylation is 1. The number of nitrogens with two attached hydrogens (primary N) is 1. The first kappa shape index (κ1) is 23.2. The molecule has 0 spiro atoms. The number of nitrogens with one attached hydrogen (secondary N) is 2. The van der Waals surface area contributed by atoms with Gasteiger partial charge in [-0.15, -0.1) is 0 Å². The molecular weight excluding hydrogens is 435 g/mol. The van der Waals surface area contributed by atoms with E-state index in [0.717, 1.165) is 23.1 Å². The van der Waals surface area contributed by atoms with Gasteiger partial charge in [0.05, 0.1) is 12.6 Å². The Labute approximate surface area is 190 Å². The van der Waals surface area contributed by atoms with Crippen LogP contribution in [0.3, 0.4) is 0 Å². The summed E-state index contributed by atoms with van der Waals surface area (Å²) in [7, 11) is 0. The smallest absolute Gasteiger partial charge is 0.384 e. The Kier molecular flexibility index (Phi) is 6.64. The molecule has 1 aromatic carbocycles. The van der Waals surface area contributed by atoms with Gasteiger partial charge in [0.25, 0.3) is 0 Å². The predicted molar refractivity (Wildman–Crippen MR) is 121 cm³/mol. The second kappa shape index (κ2) is 9.46. The van der Waals surface area contributed by atoms with Crippen molar-refractivity contribution in [1.82, 2.24) is 9.88 Å². The second-order valence-electron chi connectivity index (χ2n) is 8.75. The van der Waals surface area contributed by atoms with Gasteiger partial charge in [-0.05, 0) is 66.6 Å². The number of amides is 2. The van der Waals surface area contributed by atoms with Crippen LogP contribution in [0.25, 0.3) is 11.1 Å². The van der Waals surface area contributed by atoms with Gasteiger partial charge in [-0.25, -0.2) is 9.78 Å². The number of alkyl halides is 3. The van der Waals surface area contributed by atoms with Crippen LogP contribution in [0, 0.1) is 12.8 Å². The summed E-state index contributed by atoms with van der Waals surface area (Å²) in [5.41, 5.74) is 9.32. The highest BCUT2D eigenvalue weighted by Gasteiger charge is 2.36. The van der Waals surface area contributed by atoms with Crippen LogP contribution in [0.5, 0.6) is 0 Å². The predicted octanol–water partition coefficient (Wildman–Crippen LogP) is 4.65. The molecule has 2 amide bonds. The molecule has 2 atom stereocenters. The van der Waals surface area contributed by atoms with Crippen LogP contribution in [0.2, 0.25) is 0 Å². The van der Waals surface area contributed by atoms with Crippen LogP contribution < -0.4 is 16.4 Å². The van der Waals surface area contributed by atoms with Gasteiger partial charge in [0.15, 0.2) is 0 Å². The zero-order valence-electron chi connectivity index (χ0n) is 18.4. The highest BCUT2D eigenvalue weighted by molar-refractivity contribution is 5.91. The Hall–Kier alpha value is -3.01. The quantitative estimate of drug-likeness (QED) is 0.601. The lowest BCUT2D eigenvalue weighted by molar-refractivity contribution is -0.143. The number of nitrogen functional groups attached to an aromatic ring is 1. The SMILES string of the molecule is Cc1ccc(NC(=O)N2CC[C@@H](CC(F)(F)F)C2)cc1-c1cc(N)nc(N[C@H]2CCOC2)c1. The van der Waals surface area contributed by atoms with Gasteiger partial charge in [-0.3, -0.25) is 0 Å². The third-order valence-corrected chi connectivity index (χ3v) is 6.02. The van der Waals surface area contributed by atoms with Gasteiger partial charge in [-0.2, -0.15) is 13.2 Å². The van der Waals surface area contributed by atoms with E-state index < -0.39 is 24.5 Å². The van der Waals surface area contributed by atoms with E-state index in [2.05, 4.69) is 15.6 Å². The first-order chi connectivity index (χ1) is 15.7. The lowest BCUT2D eigenvalue weighted by atomic mass is 10.00. The molecule has 2 fully saturated rings. The number of halogens is 3. The Balaban J connectivity index is 1.47. The highest BCUT2D eigenvalue weighted by Crippen LogP contribution is 2.32. The number of hydrogen-bond donors (Lipinski definition) is 3. The maximum Gasteiger partial charge on any atom is 0.389 e. The topological polar surface area (TPSA) is 92.5 Å². The average molecular weight is 464 g/mol. The fourth-order valence-corrected chi connectivity index (χ4v) is 4.36. The third-order valence-electron chi connectivity index (χ3n) is 6.02. The van der Waals surface area contributed by atoms with Crippen molar-refractivity contribution in [3.8, 4) is 11.1 Å². The molecular formula is C23H28F3N5O2. The molecule has 2 aliphatic heterocycles. The van der Waals surface area contributed by atoms with Crippen LogP contribution in [-0.2, 0) is 4.74 Å². The highest BCUT2D eigenvalue weighted by atomic mass is 19.4. The van der Waals surface area contributed by atoms with Gasteiger partial charge in [-0.1, -0.05) is 6.07 Å². The van der Waals surface area contributed by atoms with E-state index in [1.165, 1.54) is 4.90 Å². The lowest BCUT2D eigenvalue weighted by Gasteiger charge is -2.19. The van der Waals surface area contributed by atoms with Gasteiger partial charge in [0.2, 0.25) is 0 Å². The minimum Gasteiger partial charge on any atom is -0.384 e. The summed E-state index contributed by atoms with van der Waals surface area (Å²) >= 11 is 0. The molecule has 2 aliphatic rings. The molecule has 2 aromatic rings. The summed E-state index contributed by atoms with van der Waals surface area (Å²) in [5, 5.41) is 6.16. The molecule has 1 aromatic heterocycles. The molecule has 0 unspecified atom stereocenters. The Morgan fingerprint density at radius 2 is 2.09 bits per heavy atom. The molecule has 3 heterocycles. The van der Waals surface area contributed by atoms with E-state index in [9.17, 15) is 18.0 Å². The zero-order chi connectivity index (χ0) is 23.6. The van der Waals surface area contributed by atoms with Crippen molar-refractivity contribution < 1.29 is 22.7 Å². The minimum absolute atomic E-state index is 0.102. The van der Waals surface area contributed by atoms with E-state index in [1.54, 1.807) is 12.1 Å². The van der Waals surface area contributed by atoms with Crippen LogP contribution in [0.1, 0.15) is 24.8 Å². The summed E-state index contributed by atoms with van der Waals surface area (Å²) < 4.78 is 43.4. The van der Waals surface area contributed by atoms with Crippen LogP contribution in [-0.4, -0.2) is 54.4 Å². The molecule has 2 saturated heterocycles. The average Bonchev–Trinajstić information content (AvgIpc) is 3.40. The van der Waals surface area contributed by atoms with E-state index in [0.29, 0.717) is 43.5 Å². The monoisotopic (exact) mass is 463 g/mol. The molecule has 0 radical (unpaired) electrons. The van der Waals surface area contributed by atoms with Gasteiger partial charge in [0.1, 0.15) is 11.6 Å². The fourth-order valence-electron chi connectivity index (χ4n) is 4.36. The van der Waals surface area contributed by atoms with Gasteiger partial charge < -0.3 is 26.0 Å². The molecule has 178 valence electrons. The van der Waals surface area contributed by atoms with Crippen molar-refractivity contribution in [3.05, 3.63) is 35.9 Å². The number of hydrogen-bond acceptors (Lipinski definition) is 5. The summed E-state index contributed by atoms with van der Waals surface area (Å²) in [6.45, 7) is 3.70. The first-order valence-corrected chi connectivity index (χ1v) is 11.0. The molecule has 33 heavy (non-hydrogen) atoms. The molecule has 0 saturated carbocycles. The number of carbonyl (C=O) groups is 1. The second-order valence-corrected chi connectivity index (χ2v) is 8.75. The minimum atomic E-state index is -4.21. The number of pyridine rings is 1. The van der Waals surface area contributed by atoms with Crippen molar-refractivity contribution in [3.63, 3.8) is 0 Å². The number of benzene rings is 1. The van der Waals surface area contributed by atoms with Gasteiger partial charge in [0, 0.05) is 31.8 Å². The van der Waals surface area contributed by atoms with Crippen molar-refractivity contribution in [1.29, 1.82) is 0 Å². The molecule has 0 bridgehead atoms. The van der Waals surface area contributed by atoms with E-state index in [-0.39, 0.29) is 12.6 Å². The fraction of sp³-hybridized carbons (Fsp3) is 0.478. The molecule has 10 heteroatoms. The van der Waals surface area contributed by atoms with Crippen molar-refractivity contribution in [2.45, 2.75) is 38.4 Å². The summed E-state index contributed by atoms with van der Waals surface area (Å²) in [6.07, 6.45) is -3.83.